The summed E-state index contributed by atoms with van der Waals surface area (Å²) in [5.74, 6) is 0.389. The molecule has 0 fully saturated rings. The number of benzene rings is 3. The van der Waals surface area contributed by atoms with E-state index in [2.05, 4.69) is 73.7 Å². The molecule has 24 heavy (non-hydrogen) atoms. The minimum absolute atomic E-state index is 0.389. The summed E-state index contributed by atoms with van der Waals surface area (Å²) in [6.07, 6.45) is 2.21. The fourth-order valence-corrected chi connectivity index (χ4v) is 8.20. The SMILES string of the molecule is CCC[P+](c1ccccc1)(c1ccccc1)c1cccc(O)c1C. The van der Waals surface area contributed by atoms with E-state index in [0.29, 0.717) is 5.75 Å². The molecule has 0 aliphatic rings. The standard InChI is InChI=1S/C22H23OP/c1-3-17-24(19-11-6-4-7-12-19,20-13-8-5-9-14-20)22-16-10-15-21(23)18(22)2/h4-16H,3,17H2,1-2H3/p+1. The van der Waals surface area contributed by atoms with Gasteiger partial charge in [0.1, 0.15) is 28.9 Å². The Labute approximate surface area is 145 Å². The van der Waals surface area contributed by atoms with Gasteiger partial charge in [-0.2, -0.15) is 0 Å². The van der Waals surface area contributed by atoms with Crippen molar-refractivity contribution in [3.05, 3.63) is 84.4 Å². The van der Waals surface area contributed by atoms with Crippen molar-refractivity contribution in [3.63, 3.8) is 0 Å². The Balaban J connectivity index is 2.37. The third-order valence-electron chi connectivity index (χ3n) is 4.64. The summed E-state index contributed by atoms with van der Waals surface area (Å²) in [5, 5.41) is 14.4. The Morgan fingerprint density at radius 2 is 1.29 bits per heavy atom. The van der Waals surface area contributed by atoms with Crippen LogP contribution in [0.15, 0.2) is 78.9 Å². The van der Waals surface area contributed by atoms with Gasteiger partial charge in [0.05, 0.1) is 6.16 Å². The van der Waals surface area contributed by atoms with Gasteiger partial charge in [-0.15, -0.1) is 0 Å². The first-order chi connectivity index (χ1) is 11.7. The first-order valence-electron chi connectivity index (χ1n) is 8.48. The molecule has 122 valence electrons. The lowest BCUT2D eigenvalue weighted by Gasteiger charge is -2.28. The third-order valence-corrected chi connectivity index (χ3v) is 9.43. The molecule has 0 bridgehead atoms. The van der Waals surface area contributed by atoms with Crippen molar-refractivity contribution in [2.45, 2.75) is 20.3 Å². The first-order valence-corrected chi connectivity index (χ1v) is 10.5. The summed E-state index contributed by atoms with van der Waals surface area (Å²) >= 11 is 0. The van der Waals surface area contributed by atoms with Crippen LogP contribution in [0.2, 0.25) is 0 Å². The highest BCUT2D eigenvalue weighted by Gasteiger charge is 2.45. The zero-order valence-electron chi connectivity index (χ0n) is 14.3. The summed E-state index contributed by atoms with van der Waals surface area (Å²) in [5.41, 5.74) is 1.01. The van der Waals surface area contributed by atoms with Crippen LogP contribution in [0, 0.1) is 6.92 Å². The fourth-order valence-electron chi connectivity index (χ4n) is 3.53. The maximum absolute atomic E-state index is 10.3. The van der Waals surface area contributed by atoms with Gasteiger partial charge in [0.2, 0.25) is 0 Å². The number of aromatic hydroxyl groups is 1. The van der Waals surface area contributed by atoms with Crippen LogP contribution in [0.1, 0.15) is 18.9 Å². The van der Waals surface area contributed by atoms with E-state index in [9.17, 15) is 5.11 Å². The van der Waals surface area contributed by atoms with Crippen LogP contribution in [0.25, 0.3) is 0 Å². The van der Waals surface area contributed by atoms with Crippen molar-refractivity contribution in [2.75, 3.05) is 6.16 Å². The number of phenols is 1. The molecular weight excluding hydrogens is 311 g/mol. The van der Waals surface area contributed by atoms with Gasteiger partial charge in [0.25, 0.3) is 0 Å². The average Bonchev–Trinajstić information content (AvgIpc) is 2.64. The largest absolute Gasteiger partial charge is 0.508 e. The van der Waals surface area contributed by atoms with E-state index in [1.165, 1.54) is 15.9 Å². The molecule has 0 unspecified atom stereocenters. The van der Waals surface area contributed by atoms with E-state index in [4.69, 9.17) is 0 Å². The number of phenolic OH excluding ortho intramolecular Hbond substituents is 1. The van der Waals surface area contributed by atoms with E-state index >= 15 is 0 Å². The minimum Gasteiger partial charge on any atom is -0.508 e. The summed E-state index contributed by atoms with van der Waals surface area (Å²) in [4.78, 5) is 0. The van der Waals surface area contributed by atoms with Crippen LogP contribution in [0.4, 0.5) is 0 Å². The predicted molar refractivity (Wildman–Crippen MR) is 107 cm³/mol. The molecule has 3 rings (SSSR count). The van der Waals surface area contributed by atoms with Crippen molar-refractivity contribution in [2.24, 2.45) is 0 Å². The number of hydrogen-bond donors (Lipinski definition) is 1. The van der Waals surface area contributed by atoms with Gasteiger partial charge in [0, 0.05) is 5.56 Å². The molecule has 1 N–H and O–H groups in total. The van der Waals surface area contributed by atoms with E-state index in [1.807, 2.05) is 13.0 Å². The van der Waals surface area contributed by atoms with Crippen LogP contribution < -0.4 is 15.9 Å². The Morgan fingerprint density at radius 1 is 0.750 bits per heavy atom. The molecule has 3 aromatic carbocycles. The van der Waals surface area contributed by atoms with Crippen LogP contribution in [-0.2, 0) is 0 Å². The second-order valence-electron chi connectivity index (χ2n) is 6.13. The summed E-state index contributed by atoms with van der Waals surface area (Å²) in [7, 11) is -1.78. The topological polar surface area (TPSA) is 20.2 Å². The lowest BCUT2D eigenvalue weighted by Crippen LogP contribution is -2.34. The van der Waals surface area contributed by atoms with Crippen LogP contribution in [0.5, 0.6) is 5.75 Å². The molecule has 0 amide bonds. The molecule has 0 atom stereocenters. The van der Waals surface area contributed by atoms with Crippen LogP contribution in [-0.4, -0.2) is 11.3 Å². The second kappa shape index (κ2) is 7.20. The van der Waals surface area contributed by atoms with Crippen LogP contribution in [0.3, 0.4) is 0 Å². The second-order valence-corrected chi connectivity index (χ2v) is 9.71. The Morgan fingerprint density at radius 3 is 1.79 bits per heavy atom. The van der Waals surface area contributed by atoms with Gasteiger partial charge < -0.3 is 5.11 Å². The number of hydrogen-bond acceptors (Lipinski definition) is 1. The molecule has 0 aromatic heterocycles. The molecule has 0 aliphatic heterocycles. The molecule has 0 aliphatic carbocycles. The van der Waals surface area contributed by atoms with Gasteiger partial charge in [0.15, 0.2) is 0 Å². The van der Waals surface area contributed by atoms with E-state index < -0.39 is 7.26 Å². The van der Waals surface area contributed by atoms with Gasteiger partial charge in [-0.05, 0) is 49.7 Å². The quantitative estimate of drug-likeness (QED) is 0.685. The third kappa shape index (κ3) is 2.85. The maximum Gasteiger partial charge on any atom is 0.122 e. The highest BCUT2D eigenvalue weighted by Crippen LogP contribution is 2.56. The summed E-state index contributed by atoms with van der Waals surface area (Å²) in [6, 6.07) is 27.6. The van der Waals surface area contributed by atoms with Gasteiger partial charge in [-0.3, -0.25) is 0 Å². The summed E-state index contributed by atoms with van der Waals surface area (Å²) in [6.45, 7) is 4.29. The highest BCUT2D eigenvalue weighted by molar-refractivity contribution is 7.95. The zero-order valence-corrected chi connectivity index (χ0v) is 15.2. The monoisotopic (exact) mass is 335 g/mol. The Hall–Kier alpha value is -2.11. The molecular formula is C22H24OP+. The van der Waals surface area contributed by atoms with Gasteiger partial charge >= 0.3 is 0 Å². The van der Waals surface area contributed by atoms with E-state index in [1.54, 1.807) is 6.07 Å². The van der Waals surface area contributed by atoms with E-state index in [-0.39, 0.29) is 0 Å². The molecule has 0 saturated heterocycles. The molecule has 0 radical (unpaired) electrons. The molecule has 0 saturated carbocycles. The van der Waals surface area contributed by atoms with Gasteiger partial charge in [-0.1, -0.05) is 49.4 Å². The number of rotatable bonds is 5. The van der Waals surface area contributed by atoms with E-state index in [0.717, 1.165) is 18.1 Å². The van der Waals surface area contributed by atoms with Crippen molar-refractivity contribution in [1.29, 1.82) is 0 Å². The first kappa shape index (κ1) is 16.7. The lowest BCUT2D eigenvalue weighted by molar-refractivity contribution is 0.472. The Bertz CT molecular complexity index is 757. The molecule has 3 aromatic rings. The van der Waals surface area contributed by atoms with Crippen molar-refractivity contribution in [3.8, 4) is 5.75 Å². The predicted octanol–water partition coefficient (Wildman–Crippen LogP) is 4.40. The van der Waals surface area contributed by atoms with Crippen LogP contribution >= 0.6 is 7.26 Å². The fraction of sp³-hybridized carbons (Fsp3) is 0.182. The summed E-state index contributed by atoms with van der Waals surface area (Å²) < 4.78 is 0. The molecule has 1 nitrogen and oxygen atoms in total. The van der Waals surface area contributed by atoms with Crippen molar-refractivity contribution >= 4 is 23.2 Å². The zero-order chi connectivity index (χ0) is 17.0. The Kier molecular flexibility index (Phi) is 5.02. The van der Waals surface area contributed by atoms with Gasteiger partial charge in [-0.25, -0.2) is 0 Å². The maximum atomic E-state index is 10.3. The highest BCUT2D eigenvalue weighted by atomic mass is 31.2. The molecule has 0 heterocycles. The lowest BCUT2D eigenvalue weighted by atomic mass is 10.2. The van der Waals surface area contributed by atoms with Crippen molar-refractivity contribution in [1.82, 2.24) is 0 Å². The normalized spacial score (nSPS) is 11.4. The smallest absolute Gasteiger partial charge is 0.122 e. The molecule has 2 heteroatoms. The average molecular weight is 335 g/mol. The molecule has 0 spiro atoms. The minimum atomic E-state index is -1.78. The van der Waals surface area contributed by atoms with Crippen molar-refractivity contribution < 1.29 is 5.11 Å².